The topological polar surface area (TPSA) is 77.5 Å². The number of unbranched alkanes of at least 4 members (excludes halogenated alkanes) is 17. The summed E-state index contributed by atoms with van der Waals surface area (Å²) in [5.41, 5.74) is 0. The summed E-state index contributed by atoms with van der Waals surface area (Å²) in [5.74, 6) is -0.420. The quantitative estimate of drug-likeness (QED) is 0.0900. The van der Waals surface area contributed by atoms with Gasteiger partial charge in [-0.1, -0.05) is 109 Å². The fourth-order valence-corrected chi connectivity index (χ4v) is 4.42. The van der Waals surface area contributed by atoms with Gasteiger partial charge in [-0.05, 0) is 31.8 Å². The van der Waals surface area contributed by atoms with Crippen LogP contribution in [-0.4, -0.2) is 43.1 Å². The Morgan fingerprint density at radius 2 is 1.15 bits per heavy atom. The Morgan fingerprint density at radius 1 is 0.727 bits per heavy atom. The number of rotatable bonds is 23. The predicted molar refractivity (Wildman–Crippen MR) is 135 cm³/mol. The number of amides is 1. The minimum atomic E-state index is -4.15. The molecule has 190 valence electrons. The van der Waals surface area contributed by atoms with Crippen molar-refractivity contribution in [1.29, 1.82) is 0 Å². The van der Waals surface area contributed by atoms with E-state index in [2.05, 4.69) is 6.92 Å². The van der Waals surface area contributed by atoms with Gasteiger partial charge in [0.2, 0.25) is 5.91 Å². The predicted octanol–water partition coefficient (Wildman–Crippen LogP) is 3.98. The third kappa shape index (κ3) is 28.9. The molecular formula is C26H50KNO4S. The molecule has 7 heteroatoms. The molecule has 0 atom stereocenters. The average molecular weight is 512 g/mol. The maximum atomic E-state index is 12.0. The van der Waals surface area contributed by atoms with E-state index in [9.17, 15) is 17.8 Å². The van der Waals surface area contributed by atoms with Crippen molar-refractivity contribution in [3.63, 3.8) is 0 Å². The van der Waals surface area contributed by atoms with E-state index in [0.717, 1.165) is 12.8 Å². The van der Waals surface area contributed by atoms with Crippen LogP contribution in [0.5, 0.6) is 0 Å². The van der Waals surface area contributed by atoms with Crippen LogP contribution < -0.4 is 51.4 Å². The summed E-state index contributed by atoms with van der Waals surface area (Å²) in [5, 5.41) is 0. The molecule has 0 saturated heterocycles. The number of nitrogens with zero attached hydrogens (tertiary/aromatic N) is 1. The van der Waals surface area contributed by atoms with Crippen LogP contribution in [-0.2, 0) is 14.9 Å². The number of likely N-dealkylation sites (N-methyl/N-ethyl adjacent to an activating group) is 1. The largest absolute Gasteiger partial charge is 1.00 e. The Labute approximate surface area is 248 Å². The van der Waals surface area contributed by atoms with Crippen molar-refractivity contribution in [1.82, 2.24) is 4.90 Å². The first kappa shape index (κ1) is 35.9. The number of allylic oxidation sites excluding steroid dienone is 1. The maximum Gasteiger partial charge on any atom is 1.00 e. The van der Waals surface area contributed by atoms with E-state index in [1.54, 1.807) is 18.0 Å². The Morgan fingerprint density at radius 3 is 1.58 bits per heavy atom. The van der Waals surface area contributed by atoms with Crippen molar-refractivity contribution in [2.45, 2.75) is 129 Å². The SMILES string of the molecule is CCCCCCCCCCCCCCCCCC/C=C/C(=O)N(C)CCCCS(=O)(=O)[O-].[K+]. The van der Waals surface area contributed by atoms with E-state index in [1.165, 1.54) is 96.3 Å². The minimum absolute atomic E-state index is 0. The number of carbonyl (C=O) groups excluding carboxylic acids is 1. The zero-order chi connectivity index (χ0) is 23.9. The van der Waals surface area contributed by atoms with E-state index in [4.69, 9.17) is 0 Å². The van der Waals surface area contributed by atoms with Gasteiger partial charge in [0, 0.05) is 19.3 Å². The first-order valence-electron chi connectivity index (χ1n) is 13.2. The number of hydrogen-bond acceptors (Lipinski definition) is 4. The minimum Gasteiger partial charge on any atom is -0.748 e. The summed E-state index contributed by atoms with van der Waals surface area (Å²) in [6.07, 6.45) is 27.0. The van der Waals surface area contributed by atoms with Gasteiger partial charge in [-0.2, -0.15) is 0 Å². The standard InChI is InChI=1S/C26H51NO4S.K/c1-3-4-5-6-7-8-9-10-11-12-13-14-15-16-17-18-19-20-23-26(28)27(2)24-21-22-25-32(29,30)31;/h20,23H,3-19,21-22,24-25H2,1-2H3,(H,29,30,31);/q;+1/p-1/b23-20+;. The Hall–Kier alpha value is 0.756. The summed E-state index contributed by atoms with van der Waals surface area (Å²) < 4.78 is 31.7. The van der Waals surface area contributed by atoms with Crippen LogP contribution in [0.25, 0.3) is 0 Å². The normalized spacial score (nSPS) is 11.6. The first-order valence-corrected chi connectivity index (χ1v) is 14.8. The van der Waals surface area contributed by atoms with E-state index in [1.807, 2.05) is 6.08 Å². The van der Waals surface area contributed by atoms with Crippen molar-refractivity contribution in [3.05, 3.63) is 12.2 Å². The van der Waals surface area contributed by atoms with Crippen LogP contribution in [0.3, 0.4) is 0 Å². The molecule has 0 N–H and O–H groups in total. The van der Waals surface area contributed by atoms with Gasteiger partial charge in [0.25, 0.3) is 0 Å². The Bertz CT molecular complexity index is 567. The number of hydrogen-bond donors (Lipinski definition) is 0. The van der Waals surface area contributed by atoms with E-state index in [0.29, 0.717) is 19.4 Å². The van der Waals surface area contributed by atoms with Gasteiger partial charge in [-0.15, -0.1) is 0 Å². The second kappa shape index (κ2) is 25.8. The number of carbonyl (C=O) groups is 1. The van der Waals surface area contributed by atoms with Crippen LogP contribution in [0.15, 0.2) is 12.2 Å². The smallest absolute Gasteiger partial charge is 0.748 e. The van der Waals surface area contributed by atoms with Crippen molar-refractivity contribution in [2.24, 2.45) is 0 Å². The van der Waals surface area contributed by atoms with Crippen LogP contribution in [0.2, 0.25) is 0 Å². The van der Waals surface area contributed by atoms with Crippen molar-refractivity contribution >= 4 is 16.0 Å². The summed E-state index contributed by atoms with van der Waals surface area (Å²) in [4.78, 5) is 13.5. The van der Waals surface area contributed by atoms with Crippen LogP contribution >= 0.6 is 0 Å². The molecule has 0 aliphatic heterocycles. The average Bonchev–Trinajstić information content (AvgIpc) is 2.74. The van der Waals surface area contributed by atoms with Gasteiger partial charge in [0.05, 0.1) is 10.1 Å². The van der Waals surface area contributed by atoms with E-state index >= 15 is 0 Å². The fraction of sp³-hybridized carbons (Fsp3) is 0.885. The molecule has 0 heterocycles. The molecule has 1 amide bonds. The summed E-state index contributed by atoms with van der Waals surface area (Å²) in [6, 6.07) is 0. The van der Waals surface area contributed by atoms with Crippen molar-refractivity contribution in [2.75, 3.05) is 19.3 Å². The molecule has 0 aromatic heterocycles. The van der Waals surface area contributed by atoms with Gasteiger partial charge >= 0.3 is 51.4 Å². The summed E-state index contributed by atoms with van der Waals surface area (Å²) in [6.45, 7) is 2.74. The molecule has 0 bridgehead atoms. The molecule has 0 rings (SSSR count). The monoisotopic (exact) mass is 511 g/mol. The summed E-state index contributed by atoms with van der Waals surface area (Å²) >= 11 is 0. The molecule has 0 radical (unpaired) electrons. The molecule has 0 aromatic carbocycles. The molecule has 0 aromatic rings. The van der Waals surface area contributed by atoms with Crippen LogP contribution in [0.4, 0.5) is 0 Å². The second-order valence-corrected chi connectivity index (χ2v) is 10.7. The fourth-order valence-electron chi connectivity index (χ4n) is 3.86. The van der Waals surface area contributed by atoms with Crippen LogP contribution in [0, 0.1) is 0 Å². The molecule has 0 saturated carbocycles. The van der Waals surface area contributed by atoms with Gasteiger partial charge in [-0.3, -0.25) is 4.79 Å². The van der Waals surface area contributed by atoms with Crippen LogP contribution in [0.1, 0.15) is 129 Å². The zero-order valence-electron chi connectivity index (χ0n) is 22.0. The molecule has 5 nitrogen and oxygen atoms in total. The molecule has 0 spiro atoms. The van der Waals surface area contributed by atoms with Crippen molar-refractivity contribution in [3.8, 4) is 0 Å². The van der Waals surface area contributed by atoms with Gasteiger partial charge in [0.1, 0.15) is 0 Å². The zero-order valence-corrected chi connectivity index (χ0v) is 25.9. The molecule has 0 aliphatic rings. The first-order chi connectivity index (χ1) is 15.4. The molecule has 0 aliphatic carbocycles. The van der Waals surface area contributed by atoms with Gasteiger partial charge in [0.15, 0.2) is 0 Å². The van der Waals surface area contributed by atoms with Gasteiger partial charge in [-0.25, -0.2) is 8.42 Å². The Kier molecular flexibility index (Phi) is 28.1. The van der Waals surface area contributed by atoms with E-state index in [-0.39, 0.29) is 63.0 Å². The van der Waals surface area contributed by atoms with Crippen molar-refractivity contribution < 1.29 is 69.1 Å². The summed E-state index contributed by atoms with van der Waals surface area (Å²) in [7, 11) is -2.45. The molecule has 0 unspecified atom stereocenters. The molecule has 0 fully saturated rings. The third-order valence-corrected chi connectivity index (χ3v) is 6.79. The second-order valence-electron chi connectivity index (χ2n) is 9.22. The maximum absolute atomic E-state index is 12.0. The van der Waals surface area contributed by atoms with Gasteiger partial charge < -0.3 is 9.45 Å². The molecular weight excluding hydrogens is 461 g/mol. The Balaban J connectivity index is 0. The third-order valence-electron chi connectivity index (χ3n) is 6.00. The van der Waals surface area contributed by atoms with E-state index < -0.39 is 10.1 Å². The molecule has 33 heavy (non-hydrogen) atoms.